The molecule has 0 aliphatic heterocycles. The molecule has 0 unspecified atom stereocenters. The standard InChI is InChI=1S/C17H15Br2N2.BrH/c18-16-5-1-3-14(9-16)11-20-7-8-21(13-20)12-15-4-2-6-17(19)10-15;/h1-10,13H,11-12H2;1H/q+1;/p-1. The third-order valence-electron chi connectivity index (χ3n) is 3.25. The van der Waals surface area contributed by atoms with E-state index in [-0.39, 0.29) is 17.0 Å². The fourth-order valence-corrected chi connectivity index (χ4v) is 3.21. The van der Waals surface area contributed by atoms with Crippen molar-refractivity contribution in [3.8, 4) is 0 Å². The first-order chi connectivity index (χ1) is 10.2. The Morgan fingerprint density at radius 1 is 0.909 bits per heavy atom. The highest BCUT2D eigenvalue weighted by molar-refractivity contribution is 9.10. The smallest absolute Gasteiger partial charge is 0.244 e. The van der Waals surface area contributed by atoms with Gasteiger partial charge in [0.2, 0.25) is 6.33 Å². The maximum absolute atomic E-state index is 3.51. The van der Waals surface area contributed by atoms with Crippen molar-refractivity contribution in [1.82, 2.24) is 4.57 Å². The molecule has 0 aliphatic rings. The molecule has 0 saturated carbocycles. The summed E-state index contributed by atoms with van der Waals surface area (Å²) in [6, 6.07) is 16.8. The number of halogens is 3. The highest BCUT2D eigenvalue weighted by Gasteiger charge is 2.06. The monoisotopic (exact) mass is 484 g/mol. The minimum Gasteiger partial charge on any atom is -1.00 e. The lowest BCUT2D eigenvalue weighted by Gasteiger charge is -2.00. The van der Waals surface area contributed by atoms with Crippen LogP contribution in [0, 0.1) is 0 Å². The first-order valence-corrected chi connectivity index (χ1v) is 8.31. The van der Waals surface area contributed by atoms with Crippen molar-refractivity contribution in [2.45, 2.75) is 13.1 Å². The van der Waals surface area contributed by atoms with Gasteiger partial charge in [0.05, 0.1) is 0 Å². The topological polar surface area (TPSA) is 8.81 Å². The molecule has 3 aromatic rings. The van der Waals surface area contributed by atoms with E-state index < -0.39 is 0 Å². The summed E-state index contributed by atoms with van der Waals surface area (Å²) in [5, 5.41) is 0. The molecule has 0 amide bonds. The summed E-state index contributed by atoms with van der Waals surface area (Å²) in [7, 11) is 0. The molecule has 0 N–H and O–H groups in total. The van der Waals surface area contributed by atoms with Crippen molar-refractivity contribution in [1.29, 1.82) is 0 Å². The molecule has 3 rings (SSSR count). The average Bonchev–Trinajstić information content (AvgIpc) is 2.86. The van der Waals surface area contributed by atoms with Gasteiger partial charge in [0.15, 0.2) is 0 Å². The summed E-state index contributed by atoms with van der Waals surface area (Å²) in [5.74, 6) is 0. The highest BCUT2D eigenvalue weighted by atomic mass is 79.9. The van der Waals surface area contributed by atoms with Crippen LogP contribution in [0.1, 0.15) is 11.1 Å². The summed E-state index contributed by atoms with van der Waals surface area (Å²) in [5.41, 5.74) is 2.57. The van der Waals surface area contributed by atoms with Crippen LogP contribution in [0.2, 0.25) is 0 Å². The summed E-state index contributed by atoms with van der Waals surface area (Å²) in [6.07, 6.45) is 6.36. The van der Waals surface area contributed by atoms with Crippen LogP contribution in [-0.4, -0.2) is 4.57 Å². The van der Waals surface area contributed by atoms with E-state index >= 15 is 0 Å². The average molecular weight is 487 g/mol. The Kier molecular flexibility index (Phi) is 6.41. The number of imidazole rings is 1. The molecular formula is C17H15Br3N2. The molecule has 114 valence electrons. The summed E-state index contributed by atoms with van der Waals surface area (Å²) in [6.45, 7) is 1.76. The molecule has 0 aliphatic carbocycles. The van der Waals surface area contributed by atoms with Gasteiger partial charge in [-0.2, -0.15) is 0 Å². The van der Waals surface area contributed by atoms with Gasteiger partial charge in [0, 0.05) is 8.95 Å². The fraction of sp³-hybridized carbons (Fsp3) is 0.118. The van der Waals surface area contributed by atoms with E-state index in [0.717, 1.165) is 22.0 Å². The Hall–Kier alpha value is -0.910. The molecule has 2 nitrogen and oxygen atoms in total. The van der Waals surface area contributed by atoms with E-state index in [1.54, 1.807) is 0 Å². The molecule has 0 radical (unpaired) electrons. The number of hydrogen-bond donors (Lipinski definition) is 0. The molecule has 1 heterocycles. The van der Waals surface area contributed by atoms with Crippen LogP contribution in [0.3, 0.4) is 0 Å². The summed E-state index contributed by atoms with van der Waals surface area (Å²) >= 11 is 7.03. The molecule has 22 heavy (non-hydrogen) atoms. The van der Waals surface area contributed by atoms with Crippen molar-refractivity contribution >= 4 is 31.9 Å². The zero-order valence-electron chi connectivity index (χ0n) is 11.8. The van der Waals surface area contributed by atoms with E-state index in [0.29, 0.717) is 0 Å². The minimum atomic E-state index is 0. The van der Waals surface area contributed by atoms with Crippen molar-refractivity contribution in [2.75, 3.05) is 0 Å². The maximum Gasteiger partial charge on any atom is 0.244 e. The summed E-state index contributed by atoms with van der Waals surface area (Å²) < 4.78 is 6.63. The van der Waals surface area contributed by atoms with Gasteiger partial charge in [-0.3, -0.25) is 0 Å². The second-order valence-corrected chi connectivity index (χ2v) is 6.85. The molecule has 0 spiro atoms. The van der Waals surface area contributed by atoms with E-state index in [4.69, 9.17) is 0 Å². The molecule has 0 atom stereocenters. The van der Waals surface area contributed by atoms with Crippen molar-refractivity contribution in [3.63, 3.8) is 0 Å². The van der Waals surface area contributed by atoms with E-state index in [1.165, 1.54) is 11.1 Å². The molecular weight excluding hydrogens is 472 g/mol. The van der Waals surface area contributed by atoms with Crippen LogP contribution in [0.15, 0.2) is 76.2 Å². The van der Waals surface area contributed by atoms with Crippen LogP contribution in [-0.2, 0) is 13.1 Å². The number of benzene rings is 2. The van der Waals surface area contributed by atoms with Gasteiger partial charge in [-0.05, 0) is 35.4 Å². The van der Waals surface area contributed by atoms with Crippen LogP contribution in [0.4, 0.5) is 0 Å². The zero-order valence-corrected chi connectivity index (χ0v) is 16.6. The van der Waals surface area contributed by atoms with Crippen molar-refractivity contribution in [3.05, 3.63) is 87.3 Å². The Bertz CT molecular complexity index is 691. The van der Waals surface area contributed by atoms with Gasteiger partial charge < -0.3 is 17.0 Å². The molecule has 2 aromatic carbocycles. The van der Waals surface area contributed by atoms with E-state index in [2.05, 4.69) is 96.1 Å². The maximum atomic E-state index is 3.51. The van der Waals surface area contributed by atoms with Gasteiger partial charge in [-0.15, -0.1) is 0 Å². The molecule has 0 saturated heterocycles. The second kappa shape index (κ2) is 8.09. The predicted molar refractivity (Wildman–Crippen MR) is 91.1 cm³/mol. The lowest BCUT2D eigenvalue weighted by atomic mass is 10.2. The van der Waals surface area contributed by atoms with Gasteiger partial charge in [0.1, 0.15) is 25.5 Å². The van der Waals surface area contributed by atoms with E-state index in [9.17, 15) is 0 Å². The first kappa shape index (κ1) is 17.4. The van der Waals surface area contributed by atoms with Crippen molar-refractivity contribution < 1.29 is 21.5 Å². The Morgan fingerprint density at radius 3 is 2.23 bits per heavy atom. The van der Waals surface area contributed by atoms with Crippen LogP contribution >= 0.6 is 31.9 Å². The van der Waals surface area contributed by atoms with Crippen molar-refractivity contribution in [2.24, 2.45) is 0 Å². The van der Waals surface area contributed by atoms with Gasteiger partial charge in [-0.25, -0.2) is 9.13 Å². The van der Waals surface area contributed by atoms with Gasteiger partial charge >= 0.3 is 0 Å². The zero-order chi connectivity index (χ0) is 14.7. The number of nitrogens with zero attached hydrogens (tertiary/aromatic N) is 2. The predicted octanol–water partition coefficient (Wildman–Crippen LogP) is 1.40. The van der Waals surface area contributed by atoms with Crippen LogP contribution in [0.25, 0.3) is 0 Å². The number of aromatic nitrogens is 2. The minimum absolute atomic E-state index is 0. The fourth-order valence-electron chi connectivity index (χ4n) is 2.32. The quantitative estimate of drug-likeness (QED) is 0.493. The lowest BCUT2D eigenvalue weighted by Crippen LogP contribution is -3.00. The van der Waals surface area contributed by atoms with Gasteiger partial charge in [0.25, 0.3) is 0 Å². The Balaban J connectivity index is 0.00000176. The van der Waals surface area contributed by atoms with E-state index in [1.807, 2.05) is 12.1 Å². The molecule has 0 fully saturated rings. The highest BCUT2D eigenvalue weighted by Crippen LogP contribution is 2.13. The Morgan fingerprint density at radius 2 is 1.55 bits per heavy atom. The molecule has 1 aromatic heterocycles. The summed E-state index contributed by atoms with van der Waals surface area (Å²) in [4.78, 5) is 0. The molecule has 5 heteroatoms. The number of hydrogen-bond acceptors (Lipinski definition) is 0. The Labute approximate surface area is 157 Å². The normalized spacial score (nSPS) is 10.3. The van der Waals surface area contributed by atoms with Crippen LogP contribution in [0.5, 0.6) is 0 Å². The lowest BCUT2D eigenvalue weighted by molar-refractivity contribution is -0.687. The second-order valence-electron chi connectivity index (χ2n) is 5.02. The molecule has 0 bridgehead atoms. The third-order valence-corrected chi connectivity index (χ3v) is 4.24. The number of rotatable bonds is 4. The van der Waals surface area contributed by atoms with Gasteiger partial charge in [-0.1, -0.05) is 56.1 Å². The SMILES string of the molecule is Brc1cccc(Cn2cc[n+](Cc3cccc(Br)c3)c2)c1.[Br-]. The third kappa shape index (κ3) is 4.80. The van der Waals surface area contributed by atoms with Crippen LogP contribution < -0.4 is 21.5 Å². The first-order valence-electron chi connectivity index (χ1n) is 6.73. The largest absolute Gasteiger partial charge is 1.00 e.